The molecule has 2 aliphatic heterocycles. The Morgan fingerprint density at radius 3 is 2.74 bits per heavy atom. The molecule has 2 heterocycles. The maximum absolute atomic E-state index is 12.6. The van der Waals surface area contributed by atoms with Crippen molar-refractivity contribution in [3.63, 3.8) is 0 Å². The number of amides is 3. The van der Waals surface area contributed by atoms with Crippen LogP contribution in [0.15, 0.2) is 35.5 Å². The molecule has 1 aromatic rings. The molecule has 0 saturated carbocycles. The van der Waals surface area contributed by atoms with Crippen LogP contribution in [0.2, 0.25) is 0 Å². The van der Waals surface area contributed by atoms with Crippen LogP contribution in [0.5, 0.6) is 0 Å². The molecule has 3 amide bonds. The molecule has 8 heteroatoms. The summed E-state index contributed by atoms with van der Waals surface area (Å²) in [4.78, 5) is 28.7. The van der Waals surface area contributed by atoms with Gasteiger partial charge in [0.2, 0.25) is 5.91 Å². The van der Waals surface area contributed by atoms with Crippen LogP contribution < -0.4 is 16.8 Å². The average molecular weight is 373 g/mol. The molecule has 0 fully saturated rings. The van der Waals surface area contributed by atoms with Crippen molar-refractivity contribution in [2.24, 2.45) is 5.73 Å². The van der Waals surface area contributed by atoms with Gasteiger partial charge in [-0.05, 0) is 18.1 Å². The number of benzene rings is 1. The van der Waals surface area contributed by atoms with Crippen molar-refractivity contribution in [1.29, 1.82) is 0 Å². The van der Waals surface area contributed by atoms with Crippen molar-refractivity contribution in [3.05, 3.63) is 41.1 Å². The monoisotopic (exact) mass is 373 g/mol. The molecular formula is C19H27N5O3. The number of primary amides is 1. The number of methoxy groups -OCH3 is 1. The number of nitrogens with two attached hydrogens (primary N) is 2. The van der Waals surface area contributed by atoms with Crippen molar-refractivity contribution in [1.82, 2.24) is 15.1 Å². The highest BCUT2D eigenvalue weighted by atomic mass is 16.5. The van der Waals surface area contributed by atoms with Gasteiger partial charge in [0.05, 0.1) is 13.2 Å². The number of nitrogen functional groups attached to an aromatic ring is 1. The Labute approximate surface area is 159 Å². The summed E-state index contributed by atoms with van der Waals surface area (Å²) in [5.41, 5.74) is 14.4. The van der Waals surface area contributed by atoms with E-state index in [1.54, 1.807) is 18.1 Å². The molecule has 0 spiro atoms. The highest BCUT2D eigenvalue weighted by Gasteiger charge is 2.51. The maximum Gasteiger partial charge on any atom is 0.317 e. The Kier molecular flexibility index (Phi) is 5.27. The lowest BCUT2D eigenvalue weighted by molar-refractivity contribution is -0.128. The molecule has 27 heavy (non-hydrogen) atoms. The van der Waals surface area contributed by atoms with Crippen molar-refractivity contribution < 1.29 is 14.3 Å². The zero-order chi connectivity index (χ0) is 19.6. The number of hydrogen-bond donors (Lipinski definition) is 3. The minimum Gasteiger partial charge on any atom is -0.398 e. The maximum atomic E-state index is 12.6. The highest BCUT2D eigenvalue weighted by molar-refractivity contribution is 5.89. The third-order valence-electron chi connectivity index (χ3n) is 5.56. The Balaban J connectivity index is 1.84. The molecule has 1 unspecified atom stereocenters. The molecule has 0 aliphatic carbocycles. The first-order chi connectivity index (χ1) is 12.9. The number of hydrogen-bond acceptors (Lipinski definition) is 5. The van der Waals surface area contributed by atoms with Crippen LogP contribution in [0.3, 0.4) is 0 Å². The van der Waals surface area contributed by atoms with E-state index in [0.29, 0.717) is 50.3 Å². The van der Waals surface area contributed by atoms with Crippen molar-refractivity contribution in [2.75, 3.05) is 46.1 Å². The van der Waals surface area contributed by atoms with Crippen LogP contribution in [0.4, 0.5) is 10.5 Å². The molecule has 0 aromatic heterocycles. The van der Waals surface area contributed by atoms with Crippen LogP contribution in [0, 0.1) is 0 Å². The molecule has 5 N–H and O–H groups in total. The number of nitrogens with zero attached hydrogens (tertiary/aromatic N) is 2. The van der Waals surface area contributed by atoms with Gasteiger partial charge in [-0.15, -0.1) is 0 Å². The summed E-state index contributed by atoms with van der Waals surface area (Å²) >= 11 is 0. The van der Waals surface area contributed by atoms with Gasteiger partial charge in [0.1, 0.15) is 5.54 Å². The first-order valence-corrected chi connectivity index (χ1v) is 9.03. The molecular weight excluding hydrogens is 346 g/mol. The fourth-order valence-electron chi connectivity index (χ4n) is 4.06. The molecule has 146 valence electrons. The van der Waals surface area contributed by atoms with E-state index in [4.69, 9.17) is 16.2 Å². The van der Waals surface area contributed by atoms with E-state index in [0.717, 1.165) is 11.3 Å². The Morgan fingerprint density at radius 1 is 1.33 bits per heavy atom. The lowest BCUT2D eigenvalue weighted by atomic mass is 9.83. The number of carbonyl (C=O) groups excluding carboxylic acids is 2. The van der Waals surface area contributed by atoms with E-state index in [1.807, 2.05) is 30.1 Å². The fourth-order valence-corrected chi connectivity index (χ4v) is 4.06. The normalized spacial score (nSPS) is 22.0. The number of urea groups is 1. The van der Waals surface area contributed by atoms with Gasteiger partial charge in [-0.25, -0.2) is 4.79 Å². The number of nitrogens with one attached hydrogen (secondary N) is 1. The lowest BCUT2D eigenvalue weighted by Gasteiger charge is -2.38. The summed E-state index contributed by atoms with van der Waals surface area (Å²) < 4.78 is 4.97. The molecule has 1 atom stereocenters. The largest absolute Gasteiger partial charge is 0.398 e. The SMILES string of the molecule is COCCNC(=O)N1CCC2=C(C1)N(C)C(C(N)=O)(c1ccccc1N)C2. The van der Waals surface area contributed by atoms with Gasteiger partial charge in [-0.2, -0.15) is 0 Å². The Morgan fingerprint density at radius 2 is 2.07 bits per heavy atom. The van der Waals surface area contributed by atoms with Crippen LogP contribution in [0.1, 0.15) is 18.4 Å². The van der Waals surface area contributed by atoms with Gasteiger partial charge >= 0.3 is 6.03 Å². The second-order valence-corrected chi connectivity index (χ2v) is 6.99. The second-order valence-electron chi connectivity index (χ2n) is 6.99. The number of ether oxygens (including phenoxy) is 1. The van der Waals surface area contributed by atoms with Gasteiger partial charge < -0.3 is 31.3 Å². The van der Waals surface area contributed by atoms with Gasteiger partial charge in [0, 0.05) is 50.6 Å². The number of para-hydroxylation sites is 1. The van der Waals surface area contributed by atoms with E-state index >= 15 is 0 Å². The van der Waals surface area contributed by atoms with Crippen LogP contribution in [0.25, 0.3) is 0 Å². The molecule has 0 radical (unpaired) electrons. The van der Waals surface area contributed by atoms with Crippen molar-refractivity contribution in [2.45, 2.75) is 18.4 Å². The van der Waals surface area contributed by atoms with E-state index in [9.17, 15) is 9.59 Å². The van der Waals surface area contributed by atoms with Gasteiger partial charge in [-0.1, -0.05) is 18.2 Å². The predicted molar refractivity (Wildman–Crippen MR) is 103 cm³/mol. The zero-order valence-corrected chi connectivity index (χ0v) is 15.8. The summed E-state index contributed by atoms with van der Waals surface area (Å²) in [5.74, 6) is -0.437. The molecule has 8 nitrogen and oxygen atoms in total. The molecule has 0 bridgehead atoms. The average Bonchev–Trinajstić information content (AvgIpc) is 2.95. The summed E-state index contributed by atoms with van der Waals surface area (Å²) in [7, 11) is 3.45. The minimum absolute atomic E-state index is 0.136. The van der Waals surface area contributed by atoms with E-state index in [1.165, 1.54) is 0 Å². The predicted octanol–water partition coefficient (Wildman–Crippen LogP) is 0.601. The van der Waals surface area contributed by atoms with Crippen LogP contribution in [-0.4, -0.2) is 62.1 Å². The summed E-state index contributed by atoms with van der Waals surface area (Å²) in [6, 6.07) is 7.19. The summed E-state index contributed by atoms with van der Waals surface area (Å²) in [6.45, 7) is 1.96. The number of carbonyl (C=O) groups is 2. The Bertz CT molecular complexity index is 778. The quantitative estimate of drug-likeness (QED) is 0.517. The fraction of sp³-hybridized carbons (Fsp3) is 0.474. The van der Waals surface area contributed by atoms with E-state index < -0.39 is 11.4 Å². The van der Waals surface area contributed by atoms with E-state index in [-0.39, 0.29) is 6.03 Å². The highest BCUT2D eigenvalue weighted by Crippen LogP contribution is 2.47. The first kappa shape index (κ1) is 19.0. The standard InChI is InChI=1S/C19H27N5O3/c1-23-16-12-24(18(26)22-8-10-27-2)9-7-13(16)11-19(23,17(21)25)14-5-3-4-6-15(14)20/h3-6H,7-12,20H2,1-2H3,(H2,21,25)(H,22,26). The molecule has 0 saturated heterocycles. The summed E-state index contributed by atoms with van der Waals surface area (Å²) in [5, 5.41) is 2.84. The number of rotatable bonds is 5. The second kappa shape index (κ2) is 7.48. The molecule has 3 rings (SSSR count). The third kappa shape index (κ3) is 3.21. The number of likely N-dealkylation sites (N-methyl/N-ethyl adjacent to an activating group) is 1. The van der Waals surface area contributed by atoms with E-state index in [2.05, 4.69) is 5.32 Å². The summed E-state index contributed by atoms with van der Waals surface area (Å²) in [6.07, 6.45) is 1.21. The topological polar surface area (TPSA) is 114 Å². The third-order valence-corrected chi connectivity index (χ3v) is 5.56. The van der Waals surface area contributed by atoms with Crippen LogP contribution in [-0.2, 0) is 15.1 Å². The molecule has 2 aliphatic rings. The molecule has 1 aromatic carbocycles. The smallest absolute Gasteiger partial charge is 0.317 e. The first-order valence-electron chi connectivity index (χ1n) is 9.03. The van der Waals surface area contributed by atoms with Gasteiger partial charge in [0.25, 0.3) is 0 Å². The lowest BCUT2D eigenvalue weighted by Crippen LogP contribution is -2.52. The minimum atomic E-state index is -1.02. The van der Waals surface area contributed by atoms with Crippen LogP contribution >= 0.6 is 0 Å². The zero-order valence-electron chi connectivity index (χ0n) is 15.8. The number of anilines is 1. The van der Waals surface area contributed by atoms with Crippen molar-refractivity contribution in [3.8, 4) is 0 Å². The Hall–Kier alpha value is -2.74. The van der Waals surface area contributed by atoms with Crippen molar-refractivity contribution >= 4 is 17.6 Å². The van der Waals surface area contributed by atoms with Gasteiger partial charge in [0.15, 0.2) is 0 Å². The van der Waals surface area contributed by atoms with Gasteiger partial charge in [-0.3, -0.25) is 4.79 Å².